The van der Waals surface area contributed by atoms with E-state index in [1.54, 1.807) is 6.07 Å². The molecular formula is C14H13FN2O3S. The summed E-state index contributed by atoms with van der Waals surface area (Å²) in [6.07, 6.45) is 0. The maximum absolute atomic E-state index is 14.3. The Hall–Kier alpha value is -1.99. The maximum Gasteiger partial charge on any atom is 0.340 e. The van der Waals surface area contributed by atoms with E-state index < -0.39 is 17.2 Å². The summed E-state index contributed by atoms with van der Waals surface area (Å²) in [6, 6.07) is 2.78. The highest BCUT2D eigenvalue weighted by Gasteiger charge is 2.18. The Labute approximate surface area is 123 Å². The van der Waals surface area contributed by atoms with Crippen molar-refractivity contribution in [2.75, 3.05) is 31.1 Å². The predicted octanol–water partition coefficient (Wildman–Crippen LogP) is 1.51. The third kappa shape index (κ3) is 2.50. The van der Waals surface area contributed by atoms with Gasteiger partial charge in [-0.1, -0.05) is 0 Å². The fraction of sp³-hybridized carbons (Fsp3) is 0.286. The number of carboxylic acids is 1. The number of aromatic carboxylic acids is 1. The van der Waals surface area contributed by atoms with E-state index in [-0.39, 0.29) is 10.9 Å². The second-order valence-electron chi connectivity index (χ2n) is 4.82. The molecule has 1 aromatic carbocycles. The van der Waals surface area contributed by atoms with Gasteiger partial charge in [-0.25, -0.2) is 9.18 Å². The van der Waals surface area contributed by atoms with Gasteiger partial charge in [0.1, 0.15) is 11.4 Å². The Bertz CT molecular complexity index is 769. The molecule has 1 aliphatic heterocycles. The highest BCUT2D eigenvalue weighted by atomic mass is 32.1. The first-order valence-corrected chi connectivity index (χ1v) is 7.40. The van der Waals surface area contributed by atoms with Crippen LogP contribution < -0.4 is 15.6 Å². The second kappa shape index (κ2) is 5.42. The minimum absolute atomic E-state index is 0.122. The zero-order valence-corrected chi connectivity index (χ0v) is 11.9. The first-order valence-electron chi connectivity index (χ1n) is 6.52. The Kier molecular flexibility index (Phi) is 3.60. The lowest BCUT2D eigenvalue weighted by Gasteiger charge is -2.29. The number of anilines is 1. The van der Waals surface area contributed by atoms with Crippen molar-refractivity contribution in [1.82, 2.24) is 5.32 Å². The minimum atomic E-state index is -1.29. The van der Waals surface area contributed by atoms with Crippen LogP contribution in [0.4, 0.5) is 10.1 Å². The highest BCUT2D eigenvalue weighted by molar-refractivity contribution is 7.16. The van der Waals surface area contributed by atoms with Gasteiger partial charge in [-0.05, 0) is 12.1 Å². The minimum Gasteiger partial charge on any atom is -0.478 e. The molecule has 21 heavy (non-hydrogen) atoms. The number of rotatable bonds is 2. The summed E-state index contributed by atoms with van der Waals surface area (Å²) in [6.45, 7) is 2.96. The lowest BCUT2D eigenvalue weighted by molar-refractivity contribution is 0.0696. The van der Waals surface area contributed by atoms with Crippen molar-refractivity contribution in [1.29, 1.82) is 0 Å². The van der Waals surface area contributed by atoms with Gasteiger partial charge >= 0.3 is 5.97 Å². The van der Waals surface area contributed by atoms with Crippen LogP contribution >= 0.6 is 11.3 Å². The van der Waals surface area contributed by atoms with Crippen LogP contribution in [0.15, 0.2) is 22.3 Å². The molecule has 0 saturated carbocycles. The molecule has 1 fully saturated rings. The third-order valence-electron chi connectivity index (χ3n) is 3.53. The van der Waals surface area contributed by atoms with E-state index >= 15 is 0 Å². The summed E-state index contributed by atoms with van der Waals surface area (Å²) in [5.41, 5.74) is -0.494. The summed E-state index contributed by atoms with van der Waals surface area (Å²) in [7, 11) is 0. The molecular weight excluding hydrogens is 295 g/mol. The summed E-state index contributed by atoms with van der Waals surface area (Å²) in [5, 5.41) is 13.6. The van der Waals surface area contributed by atoms with Gasteiger partial charge in [0.2, 0.25) is 5.43 Å². The molecule has 5 nitrogen and oxygen atoms in total. The van der Waals surface area contributed by atoms with Crippen LogP contribution in [0.2, 0.25) is 0 Å². The number of nitrogens with one attached hydrogen (secondary N) is 1. The molecule has 0 unspecified atom stereocenters. The van der Waals surface area contributed by atoms with Gasteiger partial charge in [-0.2, -0.15) is 0 Å². The van der Waals surface area contributed by atoms with Crippen LogP contribution in [0.25, 0.3) is 10.1 Å². The predicted molar refractivity (Wildman–Crippen MR) is 80.1 cm³/mol. The number of nitrogens with zero attached hydrogens (tertiary/aromatic N) is 1. The number of piperazine rings is 1. The summed E-state index contributed by atoms with van der Waals surface area (Å²) in [5.74, 6) is -1.78. The van der Waals surface area contributed by atoms with Crippen LogP contribution in [0.3, 0.4) is 0 Å². The number of carboxylic acid groups (broad SMARTS) is 1. The molecule has 2 heterocycles. The summed E-state index contributed by atoms with van der Waals surface area (Å²) >= 11 is 1.14. The normalized spacial score (nSPS) is 15.4. The van der Waals surface area contributed by atoms with Gasteiger partial charge in [0.15, 0.2) is 0 Å². The van der Waals surface area contributed by atoms with E-state index in [9.17, 15) is 14.0 Å². The Morgan fingerprint density at radius 3 is 2.71 bits per heavy atom. The van der Waals surface area contributed by atoms with Crippen molar-refractivity contribution in [3.8, 4) is 0 Å². The van der Waals surface area contributed by atoms with Crippen molar-refractivity contribution in [2.24, 2.45) is 0 Å². The monoisotopic (exact) mass is 308 g/mol. The maximum atomic E-state index is 14.3. The molecule has 7 heteroatoms. The molecule has 110 valence electrons. The number of halogens is 1. The Balaban J connectivity index is 2.14. The molecule has 1 aromatic heterocycles. The van der Waals surface area contributed by atoms with Gasteiger partial charge in [0, 0.05) is 41.6 Å². The van der Waals surface area contributed by atoms with Gasteiger partial charge in [0.25, 0.3) is 0 Å². The summed E-state index contributed by atoms with van der Waals surface area (Å²) in [4.78, 5) is 24.9. The molecule has 0 radical (unpaired) electrons. The van der Waals surface area contributed by atoms with Crippen LogP contribution in [-0.4, -0.2) is 37.3 Å². The van der Waals surface area contributed by atoms with Crippen molar-refractivity contribution in [2.45, 2.75) is 0 Å². The quantitative estimate of drug-likeness (QED) is 0.880. The number of fused-ring (bicyclic) bond motifs is 1. The molecule has 0 aliphatic carbocycles. The smallest absolute Gasteiger partial charge is 0.340 e. The fourth-order valence-electron chi connectivity index (χ4n) is 2.43. The number of benzene rings is 1. The number of hydrogen-bond acceptors (Lipinski definition) is 5. The van der Waals surface area contributed by atoms with E-state index in [4.69, 9.17) is 5.11 Å². The topological polar surface area (TPSA) is 69.6 Å². The first-order chi connectivity index (χ1) is 10.1. The van der Waals surface area contributed by atoms with Crippen LogP contribution in [0.1, 0.15) is 10.4 Å². The molecule has 0 spiro atoms. The fourth-order valence-corrected chi connectivity index (χ4v) is 3.35. The van der Waals surface area contributed by atoms with Crippen LogP contribution in [0, 0.1) is 5.82 Å². The highest BCUT2D eigenvalue weighted by Crippen LogP contribution is 2.27. The summed E-state index contributed by atoms with van der Waals surface area (Å²) < 4.78 is 14.9. The molecule has 2 N–H and O–H groups in total. The van der Waals surface area contributed by atoms with Crippen molar-refractivity contribution in [3.05, 3.63) is 39.1 Å². The van der Waals surface area contributed by atoms with E-state index in [0.29, 0.717) is 23.5 Å². The molecule has 3 rings (SSSR count). The molecule has 0 atom stereocenters. The van der Waals surface area contributed by atoms with Gasteiger partial charge in [-0.15, -0.1) is 11.3 Å². The lowest BCUT2D eigenvalue weighted by Crippen LogP contribution is -2.43. The average Bonchev–Trinajstić information content (AvgIpc) is 2.48. The third-order valence-corrected chi connectivity index (χ3v) is 4.48. The van der Waals surface area contributed by atoms with Gasteiger partial charge in [0.05, 0.1) is 5.69 Å². The Morgan fingerprint density at radius 1 is 1.33 bits per heavy atom. The number of hydrogen-bond donors (Lipinski definition) is 2. The largest absolute Gasteiger partial charge is 0.478 e. The zero-order valence-electron chi connectivity index (χ0n) is 11.1. The lowest BCUT2D eigenvalue weighted by atomic mass is 10.1. The van der Waals surface area contributed by atoms with Crippen molar-refractivity contribution in [3.63, 3.8) is 0 Å². The molecule has 0 amide bonds. The van der Waals surface area contributed by atoms with Gasteiger partial charge < -0.3 is 15.3 Å². The molecule has 0 bridgehead atoms. The van der Waals surface area contributed by atoms with E-state index in [0.717, 1.165) is 30.5 Å². The Morgan fingerprint density at radius 2 is 2.05 bits per heavy atom. The standard InChI is InChI=1S/C14H13FN2O3S/c15-10-5-8-12(21-7-9(13(8)18)14(19)20)6-11(10)17-3-1-16-2-4-17/h5-7,16H,1-4H2,(H,19,20). The number of carbonyl (C=O) groups is 1. The first kappa shape index (κ1) is 14.0. The van der Waals surface area contributed by atoms with Crippen LogP contribution in [0.5, 0.6) is 0 Å². The molecule has 2 aromatic rings. The van der Waals surface area contributed by atoms with Crippen molar-refractivity contribution >= 4 is 33.1 Å². The molecule has 1 saturated heterocycles. The molecule has 1 aliphatic rings. The SMILES string of the molecule is O=C(O)c1csc2cc(N3CCNCC3)c(F)cc2c1=O. The van der Waals surface area contributed by atoms with Crippen molar-refractivity contribution < 1.29 is 14.3 Å². The van der Waals surface area contributed by atoms with Crippen LogP contribution in [-0.2, 0) is 0 Å². The van der Waals surface area contributed by atoms with E-state index in [2.05, 4.69) is 5.32 Å². The van der Waals surface area contributed by atoms with E-state index in [1.165, 1.54) is 5.38 Å². The zero-order chi connectivity index (χ0) is 15.0. The van der Waals surface area contributed by atoms with Gasteiger partial charge in [-0.3, -0.25) is 4.79 Å². The van der Waals surface area contributed by atoms with E-state index in [1.807, 2.05) is 4.90 Å². The second-order valence-corrected chi connectivity index (χ2v) is 5.73. The average molecular weight is 308 g/mol.